The van der Waals surface area contributed by atoms with E-state index in [-0.39, 0.29) is 17.6 Å². The maximum atomic E-state index is 13.7. The Morgan fingerprint density at radius 1 is 1.00 bits per heavy atom. The number of benzene rings is 2. The molecule has 7 heteroatoms. The van der Waals surface area contributed by atoms with Gasteiger partial charge in [-0.25, -0.2) is 0 Å². The van der Waals surface area contributed by atoms with Crippen LogP contribution in [0.25, 0.3) is 0 Å². The van der Waals surface area contributed by atoms with Crippen LogP contribution in [-0.2, 0) is 15.1 Å². The van der Waals surface area contributed by atoms with Crippen LogP contribution < -0.4 is 10.2 Å². The molecule has 2 aliphatic heterocycles. The lowest BCUT2D eigenvalue weighted by molar-refractivity contribution is -0.123. The van der Waals surface area contributed by atoms with Crippen LogP contribution in [0.15, 0.2) is 53.8 Å². The molecule has 2 aromatic rings. The lowest BCUT2D eigenvalue weighted by atomic mass is 9.72. The average Bonchev–Trinajstić information content (AvgIpc) is 3.13. The van der Waals surface area contributed by atoms with Crippen LogP contribution in [0.1, 0.15) is 37.7 Å². The molecule has 2 aromatic carbocycles. The minimum atomic E-state index is -1.45. The lowest BCUT2D eigenvalue weighted by Crippen LogP contribution is -2.52. The number of amides is 2. The van der Waals surface area contributed by atoms with E-state index in [4.69, 9.17) is 23.2 Å². The minimum absolute atomic E-state index is 0.0562. The summed E-state index contributed by atoms with van der Waals surface area (Å²) in [6.45, 7) is 0. The van der Waals surface area contributed by atoms with Gasteiger partial charge in [0, 0.05) is 32.6 Å². The molecule has 0 radical (unpaired) electrons. The monoisotopic (exact) mass is 442 g/mol. The van der Waals surface area contributed by atoms with Gasteiger partial charge in [0.2, 0.25) is 0 Å². The van der Waals surface area contributed by atoms with Gasteiger partial charge in [0.25, 0.3) is 11.8 Å². The number of carbonyl (C=O) groups excluding carboxylic acids is 2. The first-order valence-electron chi connectivity index (χ1n) is 10.1. The second-order valence-electron chi connectivity index (χ2n) is 8.07. The number of hydrogen-bond acceptors (Lipinski definition) is 3. The number of anilines is 2. The second-order valence-corrected chi connectivity index (χ2v) is 8.94. The van der Waals surface area contributed by atoms with Crippen molar-refractivity contribution in [3.8, 4) is 0 Å². The Morgan fingerprint density at radius 3 is 2.47 bits per heavy atom. The molecule has 1 unspecified atom stereocenters. The van der Waals surface area contributed by atoms with Crippen LogP contribution in [0, 0.1) is 5.92 Å². The van der Waals surface area contributed by atoms with Crippen LogP contribution in [0.4, 0.5) is 11.4 Å². The van der Waals surface area contributed by atoms with Gasteiger partial charge in [-0.1, -0.05) is 54.6 Å². The van der Waals surface area contributed by atoms with Gasteiger partial charge in [-0.15, -0.1) is 0 Å². The Morgan fingerprint density at radius 2 is 1.73 bits per heavy atom. The highest BCUT2D eigenvalue weighted by Gasteiger charge is 2.63. The number of aliphatic hydroxyl groups is 1. The normalized spacial score (nSPS) is 24.0. The molecule has 2 amide bonds. The maximum absolute atomic E-state index is 13.7. The van der Waals surface area contributed by atoms with Gasteiger partial charge in [0.1, 0.15) is 0 Å². The first-order chi connectivity index (χ1) is 14.4. The highest BCUT2D eigenvalue weighted by atomic mass is 35.5. The lowest BCUT2D eigenvalue weighted by Gasteiger charge is -2.38. The number of halogens is 2. The van der Waals surface area contributed by atoms with Crippen molar-refractivity contribution in [1.82, 2.24) is 0 Å². The van der Waals surface area contributed by atoms with E-state index in [1.54, 1.807) is 42.5 Å². The molecule has 0 bridgehead atoms. The SMILES string of the molecule is O=C1C(O)=C(C2CCCCC2)C2(C(=O)Nc3cc(Cl)ccc32)N1c1cccc(Cl)c1. The molecule has 0 saturated heterocycles. The maximum Gasteiger partial charge on any atom is 0.294 e. The third-order valence-corrected chi connectivity index (χ3v) is 6.88. The molecule has 1 saturated carbocycles. The van der Waals surface area contributed by atoms with Crippen molar-refractivity contribution < 1.29 is 14.7 Å². The zero-order valence-electron chi connectivity index (χ0n) is 16.1. The van der Waals surface area contributed by atoms with Gasteiger partial charge in [-0.05, 0) is 49.1 Å². The van der Waals surface area contributed by atoms with Gasteiger partial charge in [-0.2, -0.15) is 0 Å². The van der Waals surface area contributed by atoms with E-state index in [9.17, 15) is 14.7 Å². The number of hydrogen-bond donors (Lipinski definition) is 2. The van der Waals surface area contributed by atoms with E-state index < -0.39 is 11.4 Å². The molecular formula is C23H20Cl2N2O3. The number of carbonyl (C=O) groups is 2. The van der Waals surface area contributed by atoms with E-state index in [0.29, 0.717) is 32.6 Å². The molecule has 5 rings (SSSR count). The molecule has 0 aromatic heterocycles. The fourth-order valence-electron chi connectivity index (χ4n) is 5.23. The van der Waals surface area contributed by atoms with Crippen LogP contribution in [0.5, 0.6) is 0 Å². The van der Waals surface area contributed by atoms with Crippen molar-refractivity contribution in [3.05, 3.63) is 69.4 Å². The first-order valence-corrected chi connectivity index (χ1v) is 10.9. The summed E-state index contributed by atoms with van der Waals surface area (Å²) >= 11 is 12.4. The summed E-state index contributed by atoms with van der Waals surface area (Å²) in [5.41, 5.74) is 0.673. The smallest absolute Gasteiger partial charge is 0.294 e. The third kappa shape index (κ3) is 2.62. The predicted molar refractivity (Wildman–Crippen MR) is 117 cm³/mol. The highest BCUT2D eigenvalue weighted by Crippen LogP contribution is 2.56. The van der Waals surface area contributed by atoms with Gasteiger partial charge in [0.05, 0.1) is 0 Å². The molecular weight excluding hydrogens is 423 g/mol. The quantitative estimate of drug-likeness (QED) is 0.637. The largest absolute Gasteiger partial charge is 0.503 e. The molecule has 2 heterocycles. The number of nitrogens with one attached hydrogen (secondary N) is 1. The van der Waals surface area contributed by atoms with Crippen LogP contribution in [0.2, 0.25) is 10.0 Å². The fraction of sp³-hybridized carbons (Fsp3) is 0.304. The summed E-state index contributed by atoms with van der Waals surface area (Å²) in [6.07, 6.45) is 4.76. The molecule has 5 nitrogen and oxygen atoms in total. The van der Waals surface area contributed by atoms with Crippen molar-refractivity contribution in [2.24, 2.45) is 5.92 Å². The zero-order chi connectivity index (χ0) is 21.0. The molecule has 154 valence electrons. The Hall–Kier alpha value is -2.50. The van der Waals surface area contributed by atoms with Crippen LogP contribution in [-0.4, -0.2) is 16.9 Å². The minimum Gasteiger partial charge on any atom is -0.503 e. The molecule has 3 aliphatic rings. The highest BCUT2D eigenvalue weighted by molar-refractivity contribution is 6.32. The number of nitrogens with zero attached hydrogens (tertiary/aromatic N) is 1. The number of rotatable bonds is 2. The van der Waals surface area contributed by atoms with E-state index in [1.165, 1.54) is 4.90 Å². The molecule has 2 N–H and O–H groups in total. The first kappa shape index (κ1) is 19.5. The van der Waals surface area contributed by atoms with Crippen molar-refractivity contribution in [2.45, 2.75) is 37.6 Å². The summed E-state index contributed by atoms with van der Waals surface area (Å²) in [7, 11) is 0. The van der Waals surface area contributed by atoms with E-state index in [2.05, 4.69) is 5.32 Å². The summed E-state index contributed by atoms with van der Waals surface area (Å²) in [4.78, 5) is 28.5. The van der Waals surface area contributed by atoms with Gasteiger partial charge < -0.3 is 10.4 Å². The van der Waals surface area contributed by atoms with Crippen molar-refractivity contribution in [2.75, 3.05) is 10.2 Å². The standard InChI is InChI=1S/C23H20Cl2N2O3/c24-14-7-4-8-16(11-14)27-21(29)20(28)19(13-5-2-1-3-6-13)23(27)17-10-9-15(25)12-18(17)26-22(23)30/h4,7-13,28H,1-3,5-6H2,(H,26,30). The molecule has 30 heavy (non-hydrogen) atoms. The van der Waals surface area contributed by atoms with Crippen LogP contribution in [0.3, 0.4) is 0 Å². The molecule has 1 aliphatic carbocycles. The third-order valence-electron chi connectivity index (χ3n) is 6.41. The Kier molecular flexibility index (Phi) is 4.56. The van der Waals surface area contributed by atoms with Gasteiger partial charge in [-0.3, -0.25) is 14.5 Å². The summed E-state index contributed by atoms with van der Waals surface area (Å²) < 4.78 is 0. The Labute approximate surface area is 184 Å². The van der Waals surface area contributed by atoms with Crippen LogP contribution >= 0.6 is 23.2 Å². The molecule has 1 spiro atoms. The average molecular weight is 443 g/mol. The number of fused-ring (bicyclic) bond motifs is 2. The van der Waals surface area contributed by atoms with Gasteiger partial charge >= 0.3 is 0 Å². The second kappa shape index (κ2) is 7.03. The Bertz CT molecular complexity index is 1110. The summed E-state index contributed by atoms with van der Waals surface area (Å²) in [5, 5.41) is 14.9. The Balaban J connectivity index is 1.80. The fourth-order valence-corrected chi connectivity index (χ4v) is 5.59. The molecule has 1 fully saturated rings. The summed E-state index contributed by atoms with van der Waals surface area (Å²) in [5.74, 6) is -1.34. The topological polar surface area (TPSA) is 69.6 Å². The molecule has 1 atom stereocenters. The van der Waals surface area contributed by atoms with Crippen molar-refractivity contribution in [3.63, 3.8) is 0 Å². The van der Waals surface area contributed by atoms with Gasteiger partial charge in [0.15, 0.2) is 11.3 Å². The van der Waals surface area contributed by atoms with E-state index in [1.807, 2.05) is 0 Å². The predicted octanol–water partition coefficient (Wildman–Crippen LogP) is 5.58. The zero-order valence-corrected chi connectivity index (χ0v) is 17.6. The van der Waals surface area contributed by atoms with E-state index >= 15 is 0 Å². The number of aliphatic hydroxyl groups excluding tert-OH is 1. The summed E-state index contributed by atoms with van der Waals surface area (Å²) in [6, 6.07) is 11.9. The van der Waals surface area contributed by atoms with E-state index in [0.717, 1.165) is 32.1 Å². The van der Waals surface area contributed by atoms with Crippen molar-refractivity contribution >= 4 is 46.4 Å². The van der Waals surface area contributed by atoms with Crippen molar-refractivity contribution in [1.29, 1.82) is 0 Å².